The standard InChI is InChI=1S/C26H24N2OS2/c1-27(30-25-9-5-3-6-10-25)21-13-17-23(18-14-21)29-24-19-15-22(16-20-24)28(2)31-26-11-7-4-8-12-26/h3-20H,1-2H3. The van der Waals surface area contributed by atoms with E-state index < -0.39 is 0 Å². The van der Waals surface area contributed by atoms with Crippen molar-refractivity contribution in [2.45, 2.75) is 9.79 Å². The molecule has 0 fully saturated rings. The van der Waals surface area contributed by atoms with E-state index in [0.717, 1.165) is 22.9 Å². The van der Waals surface area contributed by atoms with Gasteiger partial charge in [0.1, 0.15) is 11.5 Å². The molecule has 0 aliphatic carbocycles. The van der Waals surface area contributed by atoms with Gasteiger partial charge < -0.3 is 13.3 Å². The maximum Gasteiger partial charge on any atom is 0.127 e. The fraction of sp³-hybridized carbons (Fsp3) is 0.0769. The van der Waals surface area contributed by atoms with Crippen LogP contribution in [0.2, 0.25) is 0 Å². The first-order chi connectivity index (χ1) is 15.2. The van der Waals surface area contributed by atoms with Crippen molar-refractivity contribution >= 4 is 35.3 Å². The molecular weight excluding hydrogens is 420 g/mol. The Morgan fingerprint density at radius 3 is 1.19 bits per heavy atom. The van der Waals surface area contributed by atoms with Gasteiger partial charge in [0.05, 0.1) is 0 Å². The largest absolute Gasteiger partial charge is 0.457 e. The van der Waals surface area contributed by atoms with Gasteiger partial charge in [-0.2, -0.15) is 0 Å². The second kappa shape index (κ2) is 10.3. The molecule has 0 aliphatic heterocycles. The van der Waals surface area contributed by atoms with Gasteiger partial charge in [0, 0.05) is 35.3 Å². The summed E-state index contributed by atoms with van der Waals surface area (Å²) in [6.07, 6.45) is 0. The minimum atomic E-state index is 0.821. The summed E-state index contributed by atoms with van der Waals surface area (Å²) in [7, 11) is 4.13. The van der Waals surface area contributed by atoms with E-state index in [0.29, 0.717) is 0 Å². The van der Waals surface area contributed by atoms with Crippen LogP contribution >= 0.6 is 23.9 Å². The van der Waals surface area contributed by atoms with Gasteiger partial charge in [0.25, 0.3) is 0 Å². The first kappa shape index (κ1) is 21.2. The van der Waals surface area contributed by atoms with Crippen LogP contribution in [0.15, 0.2) is 119 Å². The average molecular weight is 445 g/mol. The highest BCUT2D eigenvalue weighted by Crippen LogP contribution is 2.32. The van der Waals surface area contributed by atoms with E-state index in [1.54, 1.807) is 23.9 Å². The molecule has 0 spiro atoms. The van der Waals surface area contributed by atoms with Crippen LogP contribution in [-0.2, 0) is 0 Å². The van der Waals surface area contributed by atoms with Crippen LogP contribution in [0.1, 0.15) is 0 Å². The molecule has 0 radical (unpaired) electrons. The molecule has 5 heteroatoms. The summed E-state index contributed by atoms with van der Waals surface area (Å²) in [5, 5.41) is 0. The van der Waals surface area contributed by atoms with E-state index in [2.05, 4.69) is 95.5 Å². The van der Waals surface area contributed by atoms with Crippen molar-refractivity contribution in [1.29, 1.82) is 0 Å². The van der Waals surface area contributed by atoms with Crippen LogP contribution in [0.5, 0.6) is 11.5 Å². The van der Waals surface area contributed by atoms with Gasteiger partial charge in [0.2, 0.25) is 0 Å². The summed E-state index contributed by atoms with van der Waals surface area (Å²) >= 11 is 3.39. The Balaban J connectivity index is 1.34. The Morgan fingerprint density at radius 1 is 0.484 bits per heavy atom. The van der Waals surface area contributed by atoms with Gasteiger partial charge in [0.15, 0.2) is 0 Å². The van der Waals surface area contributed by atoms with E-state index in [-0.39, 0.29) is 0 Å². The second-order valence-corrected chi connectivity index (χ2v) is 9.30. The molecule has 0 saturated heterocycles. The van der Waals surface area contributed by atoms with Gasteiger partial charge >= 0.3 is 0 Å². The highest BCUT2D eigenvalue weighted by molar-refractivity contribution is 8.00. The average Bonchev–Trinajstić information content (AvgIpc) is 2.81. The molecule has 0 aromatic heterocycles. The van der Waals surface area contributed by atoms with Crippen LogP contribution < -0.4 is 13.3 Å². The number of ether oxygens (including phenoxy) is 1. The molecule has 0 aliphatic rings. The predicted molar refractivity (Wildman–Crippen MR) is 134 cm³/mol. The summed E-state index contributed by atoms with van der Waals surface area (Å²) in [5.41, 5.74) is 2.24. The predicted octanol–water partition coefficient (Wildman–Crippen LogP) is 7.77. The topological polar surface area (TPSA) is 15.7 Å². The molecule has 0 N–H and O–H groups in total. The minimum Gasteiger partial charge on any atom is -0.457 e. The van der Waals surface area contributed by atoms with Crippen molar-refractivity contribution < 1.29 is 4.74 Å². The third kappa shape index (κ3) is 6.00. The number of nitrogens with zero attached hydrogens (tertiary/aromatic N) is 2. The summed E-state index contributed by atoms with van der Waals surface area (Å²) in [5.74, 6) is 1.64. The number of hydrogen-bond acceptors (Lipinski definition) is 5. The zero-order valence-electron chi connectivity index (χ0n) is 17.5. The Kier molecular flexibility index (Phi) is 7.07. The summed E-state index contributed by atoms with van der Waals surface area (Å²) < 4.78 is 10.3. The van der Waals surface area contributed by atoms with E-state index >= 15 is 0 Å². The van der Waals surface area contributed by atoms with Crippen molar-refractivity contribution in [2.24, 2.45) is 0 Å². The van der Waals surface area contributed by atoms with Gasteiger partial charge in [-0.15, -0.1) is 0 Å². The van der Waals surface area contributed by atoms with E-state index in [1.165, 1.54) is 9.79 Å². The molecule has 0 bridgehead atoms. The Hall–Kier alpha value is -3.02. The van der Waals surface area contributed by atoms with E-state index in [4.69, 9.17) is 4.74 Å². The maximum atomic E-state index is 6.03. The fourth-order valence-corrected chi connectivity index (χ4v) is 4.61. The molecular formula is C26H24N2OS2. The van der Waals surface area contributed by atoms with Crippen LogP contribution in [0, 0.1) is 0 Å². The highest BCUT2D eigenvalue weighted by Gasteiger charge is 2.06. The van der Waals surface area contributed by atoms with Crippen LogP contribution in [0.3, 0.4) is 0 Å². The molecule has 4 aromatic rings. The first-order valence-electron chi connectivity index (χ1n) is 9.99. The lowest BCUT2D eigenvalue weighted by molar-refractivity contribution is 0.483. The van der Waals surface area contributed by atoms with Gasteiger partial charge in [-0.3, -0.25) is 0 Å². The zero-order valence-corrected chi connectivity index (χ0v) is 19.1. The molecule has 31 heavy (non-hydrogen) atoms. The van der Waals surface area contributed by atoms with Crippen molar-refractivity contribution in [2.75, 3.05) is 22.7 Å². The number of anilines is 2. The summed E-state index contributed by atoms with van der Waals surface area (Å²) in [4.78, 5) is 2.42. The molecule has 0 saturated carbocycles. The molecule has 4 rings (SSSR count). The van der Waals surface area contributed by atoms with E-state index in [1.807, 2.05) is 36.4 Å². The van der Waals surface area contributed by atoms with Gasteiger partial charge in [-0.25, -0.2) is 0 Å². The lowest BCUT2D eigenvalue weighted by atomic mass is 10.3. The summed E-state index contributed by atoms with van der Waals surface area (Å²) in [6.45, 7) is 0. The van der Waals surface area contributed by atoms with Crippen molar-refractivity contribution in [3.8, 4) is 11.5 Å². The molecule has 3 nitrogen and oxygen atoms in total. The lowest BCUT2D eigenvalue weighted by Crippen LogP contribution is -2.05. The van der Waals surface area contributed by atoms with E-state index in [9.17, 15) is 0 Å². The smallest absolute Gasteiger partial charge is 0.127 e. The number of rotatable bonds is 8. The van der Waals surface area contributed by atoms with Crippen molar-refractivity contribution in [1.82, 2.24) is 0 Å². The normalized spacial score (nSPS) is 10.5. The Morgan fingerprint density at radius 2 is 0.839 bits per heavy atom. The maximum absolute atomic E-state index is 6.03. The second-order valence-electron chi connectivity index (χ2n) is 6.89. The Bertz CT molecular complexity index is 983. The van der Waals surface area contributed by atoms with Gasteiger partial charge in [-0.1, -0.05) is 36.4 Å². The summed E-state index contributed by atoms with van der Waals surface area (Å²) in [6, 6.07) is 37.0. The highest BCUT2D eigenvalue weighted by atomic mass is 32.2. The first-order valence-corrected chi connectivity index (χ1v) is 11.5. The fourth-order valence-electron chi connectivity index (χ4n) is 2.97. The third-order valence-corrected chi connectivity index (χ3v) is 6.54. The molecule has 156 valence electrons. The van der Waals surface area contributed by atoms with Crippen LogP contribution in [0.4, 0.5) is 11.4 Å². The third-order valence-electron chi connectivity index (χ3n) is 4.61. The molecule has 0 heterocycles. The van der Waals surface area contributed by atoms with Crippen LogP contribution in [-0.4, -0.2) is 14.1 Å². The number of hydrogen-bond donors (Lipinski definition) is 0. The minimum absolute atomic E-state index is 0.821. The quantitative estimate of drug-likeness (QED) is 0.257. The van der Waals surface area contributed by atoms with Crippen molar-refractivity contribution in [3.63, 3.8) is 0 Å². The molecule has 0 amide bonds. The van der Waals surface area contributed by atoms with Gasteiger partial charge in [-0.05, 0) is 96.7 Å². The zero-order chi connectivity index (χ0) is 21.5. The SMILES string of the molecule is CN(Sc1ccccc1)c1ccc(Oc2ccc(N(C)Sc3ccccc3)cc2)cc1. The lowest BCUT2D eigenvalue weighted by Gasteiger charge is -2.19. The van der Waals surface area contributed by atoms with Crippen LogP contribution in [0.25, 0.3) is 0 Å². The Labute approximate surface area is 192 Å². The monoisotopic (exact) mass is 444 g/mol. The molecule has 4 aromatic carbocycles. The molecule has 0 atom stereocenters. The number of benzene rings is 4. The molecule has 0 unspecified atom stereocenters. The van der Waals surface area contributed by atoms with Crippen molar-refractivity contribution in [3.05, 3.63) is 109 Å².